The first-order valence-electron chi connectivity index (χ1n) is 6.35. The first-order chi connectivity index (χ1) is 9.65. The van der Waals surface area contributed by atoms with Crippen LogP contribution in [-0.4, -0.2) is 13.2 Å². The molecule has 1 aliphatic rings. The number of fused-ring (bicyclic) bond motifs is 1. The molecular weight excluding hydrogens is 279 g/mol. The van der Waals surface area contributed by atoms with Crippen LogP contribution in [0.15, 0.2) is 36.4 Å². The van der Waals surface area contributed by atoms with Crippen LogP contribution in [0, 0.1) is 5.82 Å². The summed E-state index contributed by atoms with van der Waals surface area (Å²) < 4.78 is 19.5. The molecule has 0 radical (unpaired) electrons. The maximum Gasteiger partial charge on any atom is 0.142 e. The summed E-state index contributed by atoms with van der Waals surface area (Å²) >= 11 is 6.08. The molecule has 0 atom stereocenters. The molecule has 1 aliphatic heterocycles. The van der Waals surface area contributed by atoms with Crippen molar-refractivity contribution in [2.75, 3.05) is 23.8 Å². The number of nitrogens with zero attached hydrogens (tertiary/aromatic N) is 1. The van der Waals surface area contributed by atoms with Crippen LogP contribution in [0.4, 0.5) is 15.8 Å². The smallest absolute Gasteiger partial charge is 0.142 e. The van der Waals surface area contributed by atoms with Crippen molar-refractivity contribution in [3.05, 3.63) is 52.8 Å². The topological polar surface area (TPSA) is 38.5 Å². The Hall–Kier alpha value is -1.94. The third-order valence-electron chi connectivity index (χ3n) is 3.35. The summed E-state index contributed by atoms with van der Waals surface area (Å²) in [7, 11) is 0. The third kappa shape index (κ3) is 2.39. The fourth-order valence-electron chi connectivity index (χ4n) is 2.33. The Morgan fingerprint density at radius 3 is 2.95 bits per heavy atom. The van der Waals surface area contributed by atoms with Crippen molar-refractivity contribution in [3.8, 4) is 5.75 Å². The molecule has 3 nitrogen and oxygen atoms in total. The number of hydrogen-bond acceptors (Lipinski definition) is 3. The van der Waals surface area contributed by atoms with Crippen LogP contribution in [0.5, 0.6) is 5.75 Å². The predicted octanol–water partition coefficient (Wildman–Crippen LogP) is 3.46. The normalized spacial score (nSPS) is 13.8. The number of ether oxygens (including phenoxy) is 1. The van der Waals surface area contributed by atoms with Crippen molar-refractivity contribution in [3.63, 3.8) is 0 Å². The van der Waals surface area contributed by atoms with E-state index in [1.807, 2.05) is 17.0 Å². The summed E-state index contributed by atoms with van der Waals surface area (Å²) in [4.78, 5) is 2.03. The fraction of sp³-hybridized carbons (Fsp3) is 0.200. The van der Waals surface area contributed by atoms with Gasteiger partial charge in [0.05, 0.1) is 12.2 Å². The van der Waals surface area contributed by atoms with Gasteiger partial charge in [0.2, 0.25) is 0 Å². The van der Waals surface area contributed by atoms with Crippen molar-refractivity contribution in [1.29, 1.82) is 0 Å². The van der Waals surface area contributed by atoms with E-state index < -0.39 is 0 Å². The van der Waals surface area contributed by atoms with Crippen LogP contribution in [0.1, 0.15) is 5.56 Å². The Balaban J connectivity index is 1.95. The Labute approximate surface area is 121 Å². The van der Waals surface area contributed by atoms with E-state index in [0.717, 1.165) is 11.4 Å². The highest BCUT2D eigenvalue weighted by Crippen LogP contribution is 2.35. The van der Waals surface area contributed by atoms with E-state index in [2.05, 4.69) is 0 Å². The summed E-state index contributed by atoms with van der Waals surface area (Å²) in [6.45, 7) is 1.62. The number of rotatable bonds is 2. The van der Waals surface area contributed by atoms with Crippen LogP contribution in [0.3, 0.4) is 0 Å². The highest BCUT2D eigenvalue weighted by atomic mass is 35.5. The maximum atomic E-state index is 13.9. The zero-order valence-corrected chi connectivity index (χ0v) is 11.5. The predicted molar refractivity (Wildman–Crippen MR) is 78.8 cm³/mol. The minimum absolute atomic E-state index is 0.297. The van der Waals surface area contributed by atoms with Gasteiger partial charge in [0.15, 0.2) is 0 Å². The average Bonchev–Trinajstić information content (AvgIpc) is 2.43. The summed E-state index contributed by atoms with van der Waals surface area (Å²) in [6.07, 6.45) is 0. The fourth-order valence-corrected chi connectivity index (χ4v) is 2.55. The van der Waals surface area contributed by atoms with Crippen LogP contribution in [0.2, 0.25) is 5.02 Å². The van der Waals surface area contributed by atoms with Crippen LogP contribution in [-0.2, 0) is 6.54 Å². The van der Waals surface area contributed by atoms with E-state index in [4.69, 9.17) is 22.1 Å². The van der Waals surface area contributed by atoms with E-state index in [1.165, 1.54) is 6.07 Å². The number of nitrogens with two attached hydrogens (primary N) is 1. The van der Waals surface area contributed by atoms with E-state index in [0.29, 0.717) is 36.0 Å². The molecule has 0 aromatic heterocycles. The van der Waals surface area contributed by atoms with Gasteiger partial charge in [-0.3, -0.25) is 0 Å². The zero-order chi connectivity index (χ0) is 14.1. The number of benzene rings is 2. The molecule has 3 rings (SSSR count). The second-order valence-corrected chi connectivity index (χ2v) is 5.10. The van der Waals surface area contributed by atoms with Gasteiger partial charge in [0.25, 0.3) is 0 Å². The molecule has 104 valence electrons. The summed E-state index contributed by atoms with van der Waals surface area (Å²) in [5.41, 5.74) is 7.83. The van der Waals surface area contributed by atoms with Gasteiger partial charge in [-0.05, 0) is 30.3 Å². The van der Waals surface area contributed by atoms with Crippen LogP contribution >= 0.6 is 11.6 Å². The van der Waals surface area contributed by atoms with Crippen molar-refractivity contribution in [2.24, 2.45) is 0 Å². The summed E-state index contributed by atoms with van der Waals surface area (Å²) in [5.74, 6) is 0.465. The standard InChI is InChI=1S/C15H14ClFN2O/c16-12-2-1-3-13(17)11(12)9-19-6-7-20-15-5-4-10(18)8-14(15)19/h1-5,8H,6-7,9,18H2. The molecular formula is C15H14ClFN2O. The van der Waals surface area contributed by atoms with E-state index in [9.17, 15) is 4.39 Å². The summed E-state index contributed by atoms with van der Waals surface area (Å²) in [5, 5.41) is 0.432. The lowest BCUT2D eigenvalue weighted by Crippen LogP contribution is -2.32. The van der Waals surface area contributed by atoms with Gasteiger partial charge in [-0.1, -0.05) is 17.7 Å². The number of nitrogen functional groups attached to an aromatic ring is 1. The maximum absolute atomic E-state index is 13.9. The second-order valence-electron chi connectivity index (χ2n) is 4.70. The largest absolute Gasteiger partial charge is 0.490 e. The second kappa shape index (κ2) is 5.21. The van der Waals surface area contributed by atoms with Crippen molar-refractivity contribution in [2.45, 2.75) is 6.54 Å². The van der Waals surface area contributed by atoms with Gasteiger partial charge >= 0.3 is 0 Å². The molecule has 0 fully saturated rings. The average molecular weight is 293 g/mol. The molecule has 2 N–H and O–H groups in total. The molecule has 5 heteroatoms. The van der Waals surface area contributed by atoms with Crippen molar-refractivity contribution in [1.82, 2.24) is 0 Å². The minimum Gasteiger partial charge on any atom is -0.490 e. The minimum atomic E-state index is -0.297. The Bertz CT molecular complexity index is 628. The zero-order valence-electron chi connectivity index (χ0n) is 10.8. The Morgan fingerprint density at radius 2 is 2.15 bits per heavy atom. The SMILES string of the molecule is Nc1ccc2c(c1)N(Cc1c(F)cccc1Cl)CCO2. The molecule has 20 heavy (non-hydrogen) atoms. The van der Waals surface area contributed by atoms with Crippen molar-refractivity contribution >= 4 is 23.0 Å². The number of halogens is 2. The van der Waals surface area contributed by atoms with Crippen molar-refractivity contribution < 1.29 is 9.13 Å². The van der Waals surface area contributed by atoms with E-state index in [-0.39, 0.29) is 5.82 Å². The first kappa shape index (κ1) is 13.1. The van der Waals surface area contributed by atoms with Gasteiger partial charge in [-0.2, -0.15) is 0 Å². The first-order valence-corrected chi connectivity index (χ1v) is 6.73. The lowest BCUT2D eigenvalue weighted by atomic mass is 10.1. The number of anilines is 2. The number of hydrogen-bond donors (Lipinski definition) is 1. The molecule has 0 amide bonds. The van der Waals surface area contributed by atoms with Gasteiger partial charge in [0, 0.05) is 22.8 Å². The third-order valence-corrected chi connectivity index (χ3v) is 3.71. The molecule has 2 aromatic carbocycles. The summed E-state index contributed by atoms with van der Waals surface area (Å²) in [6, 6.07) is 10.2. The highest BCUT2D eigenvalue weighted by Gasteiger charge is 2.20. The van der Waals surface area contributed by atoms with Gasteiger partial charge < -0.3 is 15.4 Å². The molecule has 2 aromatic rings. The molecule has 0 bridgehead atoms. The van der Waals surface area contributed by atoms with E-state index >= 15 is 0 Å². The van der Waals surface area contributed by atoms with Gasteiger partial charge in [0.1, 0.15) is 18.2 Å². The lowest BCUT2D eigenvalue weighted by molar-refractivity contribution is 0.306. The molecule has 0 saturated carbocycles. The van der Waals surface area contributed by atoms with Gasteiger partial charge in [-0.25, -0.2) is 4.39 Å². The van der Waals surface area contributed by atoms with Crippen LogP contribution < -0.4 is 15.4 Å². The molecule has 0 aliphatic carbocycles. The molecule has 0 spiro atoms. The molecule has 1 heterocycles. The molecule has 0 saturated heterocycles. The highest BCUT2D eigenvalue weighted by molar-refractivity contribution is 6.31. The van der Waals surface area contributed by atoms with Crippen LogP contribution in [0.25, 0.3) is 0 Å². The quantitative estimate of drug-likeness (QED) is 0.862. The molecule has 0 unspecified atom stereocenters. The lowest BCUT2D eigenvalue weighted by Gasteiger charge is -2.31. The Kier molecular flexibility index (Phi) is 3.40. The Morgan fingerprint density at radius 1 is 1.30 bits per heavy atom. The monoisotopic (exact) mass is 292 g/mol. The van der Waals surface area contributed by atoms with Gasteiger partial charge in [-0.15, -0.1) is 0 Å². The van der Waals surface area contributed by atoms with E-state index in [1.54, 1.807) is 18.2 Å².